The van der Waals surface area contributed by atoms with Crippen LogP contribution in [0.3, 0.4) is 0 Å². The van der Waals surface area contributed by atoms with Crippen LogP contribution < -0.4 is 0 Å². The van der Waals surface area contributed by atoms with Gasteiger partial charge in [0.2, 0.25) is 0 Å². The number of alkyl halides is 2. The Hall–Kier alpha value is -1.72. The topological polar surface area (TPSA) is 35.6 Å². The van der Waals surface area contributed by atoms with E-state index >= 15 is 0 Å². The van der Waals surface area contributed by atoms with Gasteiger partial charge in [0.1, 0.15) is 5.69 Å². The van der Waals surface area contributed by atoms with E-state index in [1.165, 1.54) is 29.9 Å². The molecule has 138 valence electrons. The molecule has 4 nitrogen and oxygen atoms in total. The highest BCUT2D eigenvalue weighted by molar-refractivity contribution is 5.14. The zero-order valence-corrected chi connectivity index (χ0v) is 16.3. The third-order valence-electron chi connectivity index (χ3n) is 3.36. The molecular weight excluding hydrogens is 310 g/mol. The van der Waals surface area contributed by atoms with Gasteiger partial charge in [0.05, 0.1) is 11.4 Å². The third kappa shape index (κ3) is 6.81. The van der Waals surface area contributed by atoms with Gasteiger partial charge in [-0.1, -0.05) is 41.0 Å². The molecule has 0 unspecified atom stereocenters. The van der Waals surface area contributed by atoms with Crippen LogP contribution in [0.2, 0.25) is 0 Å². The highest BCUT2D eigenvalue weighted by Gasteiger charge is 2.15. The molecule has 0 saturated carbocycles. The molecule has 0 aliphatic heterocycles. The number of nitrogens with zero attached hydrogens (tertiary/aromatic N) is 4. The first kappa shape index (κ1) is 22.3. The summed E-state index contributed by atoms with van der Waals surface area (Å²) in [5, 5.41) is 8.21. The van der Waals surface area contributed by atoms with E-state index in [9.17, 15) is 8.78 Å². The van der Waals surface area contributed by atoms with E-state index in [1.54, 1.807) is 0 Å². The van der Waals surface area contributed by atoms with Crippen LogP contribution in [0.15, 0.2) is 12.1 Å². The van der Waals surface area contributed by atoms with Crippen molar-refractivity contribution in [2.45, 2.75) is 66.7 Å². The second-order valence-corrected chi connectivity index (χ2v) is 5.72. The molecular formula is C18H32F2N4. The molecule has 2 heterocycles. The summed E-state index contributed by atoms with van der Waals surface area (Å²) in [5.41, 5.74) is 3.15. The van der Waals surface area contributed by atoms with Crippen LogP contribution in [0.5, 0.6) is 0 Å². The monoisotopic (exact) mass is 342 g/mol. The predicted octanol–water partition coefficient (Wildman–Crippen LogP) is 5.19. The molecule has 0 radical (unpaired) electrons. The largest absolute Gasteiger partial charge is 0.280 e. The Balaban J connectivity index is 0.000000405. The number of rotatable bonds is 4. The second kappa shape index (κ2) is 10.9. The van der Waals surface area contributed by atoms with Crippen molar-refractivity contribution in [3.05, 3.63) is 34.9 Å². The average Bonchev–Trinajstić information content (AvgIpc) is 3.05. The minimum absolute atomic E-state index is 0.0151. The Bertz CT molecular complexity index is 586. The molecule has 0 amide bonds. The molecule has 2 aromatic heterocycles. The van der Waals surface area contributed by atoms with E-state index in [1.807, 2.05) is 46.3 Å². The summed E-state index contributed by atoms with van der Waals surface area (Å²) >= 11 is 0. The highest BCUT2D eigenvalue weighted by Crippen LogP contribution is 2.22. The first-order chi connectivity index (χ1) is 11.3. The number of hydrogen-bond acceptors (Lipinski definition) is 2. The van der Waals surface area contributed by atoms with Crippen LogP contribution in [0.4, 0.5) is 8.78 Å². The fourth-order valence-corrected chi connectivity index (χ4v) is 2.15. The lowest BCUT2D eigenvalue weighted by Gasteiger charge is -1.96. The Morgan fingerprint density at radius 2 is 1.62 bits per heavy atom. The van der Waals surface area contributed by atoms with Gasteiger partial charge >= 0.3 is 0 Å². The van der Waals surface area contributed by atoms with Gasteiger partial charge in [0.25, 0.3) is 6.43 Å². The van der Waals surface area contributed by atoms with Crippen LogP contribution in [0, 0.1) is 6.92 Å². The van der Waals surface area contributed by atoms with Crippen molar-refractivity contribution in [3.63, 3.8) is 0 Å². The van der Waals surface area contributed by atoms with Gasteiger partial charge in [-0.25, -0.2) is 8.78 Å². The maximum Gasteiger partial charge on any atom is 0.280 e. The van der Waals surface area contributed by atoms with Gasteiger partial charge in [0, 0.05) is 19.8 Å². The molecule has 0 spiro atoms. The molecule has 0 aliphatic rings. The minimum Gasteiger partial charge on any atom is -0.272 e. The average molecular weight is 342 g/mol. The summed E-state index contributed by atoms with van der Waals surface area (Å²) in [6.07, 6.45) is -0.106. The molecule has 24 heavy (non-hydrogen) atoms. The SMILES string of the molecule is CC.CC(C)c1cc(C(F)F)n(C)n1.CCCc1cc(C)nn1C. The van der Waals surface area contributed by atoms with Crippen molar-refractivity contribution < 1.29 is 8.78 Å². The van der Waals surface area contributed by atoms with Gasteiger partial charge in [-0.2, -0.15) is 10.2 Å². The standard InChI is InChI=1S/C8H12F2N2.C8H14N2.C2H6/c1-5(2)6-4-7(8(9)10)12(3)11-6;1-4-5-8-6-7(2)9-10(8)3;1-2/h4-5,8H,1-3H3;6H,4-5H2,1-3H3;1-2H3. The molecule has 0 fully saturated rings. The van der Waals surface area contributed by atoms with Crippen LogP contribution in [-0.4, -0.2) is 19.6 Å². The molecule has 0 aromatic carbocycles. The van der Waals surface area contributed by atoms with Crippen LogP contribution in [0.25, 0.3) is 0 Å². The van der Waals surface area contributed by atoms with Gasteiger partial charge in [-0.15, -0.1) is 0 Å². The Morgan fingerprint density at radius 1 is 1.04 bits per heavy atom. The summed E-state index contributed by atoms with van der Waals surface area (Å²) in [4.78, 5) is 0. The summed E-state index contributed by atoms with van der Waals surface area (Å²) in [6.45, 7) is 12.1. The quantitative estimate of drug-likeness (QED) is 0.766. The zero-order valence-electron chi connectivity index (χ0n) is 16.3. The lowest BCUT2D eigenvalue weighted by molar-refractivity contribution is 0.141. The molecule has 2 rings (SSSR count). The molecule has 0 aliphatic carbocycles. The summed E-state index contributed by atoms with van der Waals surface area (Å²) in [5.74, 6) is 0.198. The van der Waals surface area contributed by atoms with Crippen molar-refractivity contribution in [1.29, 1.82) is 0 Å². The summed E-state index contributed by atoms with van der Waals surface area (Å²) in [6, 6.07) is 3.60. The zero-order chi connectivity index (χ0) is 18.9. The van der Waals surface area contributed by atoms with Crippen molar-refractivity contribution in [2.24, 2.45) is 14.1 Å². The van der Waals surface area contributed by atoms with E-state index in [2.05, 4.69) is 23.2 Å². The van der Waals surface area contributed by atoms with Crippen molar-refractivity contribution in [2.75, 3.05) is 0 Å². The van der Waals surface area contributed by atoms with Crippen molar-refractivity contribution in [1.82, 2.24) is 19.6 Å². The maximum absolute atomic E-state index is 12.2. The third-order valence-corrected chi connectivity index (χ3v) is 3.36. The predicted molar refractivity (Wildman–Crippen MR) is 95.5 cm³/mol. The summed E-state index contributed by atoms with van der Waals surface area (Å²) < 4.78 is 27.7. The molecule has 0 atom stereocenters. The molecule has 6 heteroatoms. The summed E-state index contributed by atoms with van der Waals surface area (Å²) in [7, 11) is 3.53. The van der Waals surface area contributed by atoms with E-state index in [0.717, 1.165) is 12.1 Å². The van der Waals surface area contributed by atoms with Crippen LogP contribution >= 0.6 is 0 Å². The van der Waals surface area contributed by atoms with Gasteiger partial charge in [-0.3, -0.25) is 9.36 Å². The maximum atomic E-state index is 12.2. The minimum atomic E-state index is -2.44. The van der Waals surface area contributed by atoms with Crippen LogP contribution in [-0.2, 0) is 20.5 Å². The van der Waals surface area contributed by atoms with E-state index in [0.29, 0.717) is 5.69 Å². The van der Waals surface area contributed by atoms with Crippen molar-refractivity contribution in [3.8, 4) is 0 Å². The lowest BCUT2D eigenvalue weighted by Crippen LogP contribution is -1.98. The fourth-order valence-electron chi connectivity index (χ4n) is 2.15. The molecule has 0 saturated heterocycles. The smallest absolute Gasteiger partial charge is 0.272 e. The van der Waals surface area contributed by atoms with Gasteiger partial charge < -0.3 is 0 Å². The molecule has 2 aromatic rings. The number of halogens is 2. The van der Waals surface area contributed by atoms with Gasteiger partial charge in [-0.05, 0) is 31.4 Å². The molecule has 0 bridgehead atoms. The highest BCUT2D eigenvalue weighted by atomic mass is 19.3. The first-order valence-corrected chi connectivity index (χ1v) is 8.57. The number of aryl methyl sites for hydroxylation is 4. The number of hydrogen-bond donors (Lipinski definition) is 0. The Kier molecular flexibility index (Phi) is 10.2. The number of aromatic nitrogens is 4. The van der Waals surface area contributed by atoms with E-state index in [4.69, 9.17) is 0 Å². The lowest BCUT2D eigenvalue weighted by atomic mass is 10.1. The first-order valence-electron chi connectivity index (χ1n) is 8.57. The van der Waals surface area contributed by atoms with Crippen molar-refractivity contribution >= 4 is 0 Å². The van der Waals surface area contributed by atoms with E-state index in [-0.39, 0.29) is 11.6 Å². The Morgan fingerprint density at radius 3 is 1.92 bits per heavy atom. The second-order valence-electron chi connectivity index (χ2n) is 5.72. The van der Waals surface area contributed by atoms with E-state index < -0.39 is 6.43 Å². The van der Waals surface area contributed by atoms with Gasteiger partial charge in [0.15, 0.2) is 0 Å². The molecule has 0 N–H and O–H groups in total. The fraction of sp³-hybridized carbons (Fsp3) is 0.667. The van der Waals surface area contributed by atoms with Crippen LogP contribution in [0.1, 0.15) is 76.2 Å². The Labute approximate surface area is 144 Å². The normalized spacial score (nSPS) is 10.3.